The Labute approximate surface area is 177 Å². The van der Waals surface area contributed by atoms with E-state index in [0.29, 0.717) is 11.2 Å². The van der Waals surface area contributed by atoms with Crippen LogP contribution in [0.4, 0.5) is 4.39 Å². The largest absolute Gasteiger partial charge is 0.355 e. The molecule has 0 spiro atoms. The number of amides is 1. The van der Waals surface area contributed by atoms with Crippen molar-refractivity contribution in [2.75, 3.05) is 6.54 Å². The van der Waals surface area contributed by atoms with Gasteiger partial charge in [0.1, 0.15) is 17.0 Å². The normalized spacial score (nSPS) is 13.0. The smallest absolute Gasteiger partial charge is 0.269 e. The maximum atomic E-state index is 14.1. The van der Waals surface area contributed by atoms with E-state index in [2.05, 4.69) is 5.32 Å². The number of benzene rings is 1. The lowest BCUT2D eigenvalue weighted by molar-refractivity contribution is -0.122. The molecule has 0 radical (unpaired) electrons. The number of nitrogens with zero attached hydrogens (tertiary/aromatic N) is 1. The second-order valence-electron chi connectivity index (χ2n) is 7.58. The van der Waals surface area contributed by atoms with Crippen molar-refractivity contribution in [2.45, 2.75) is 40.7 Å². The van der Waals surface area contributed by atoms with Gasteiger partial charge in [0.05, 0.1) is 9.55 Å². The van der Waals surface area contributed by atoms with Crippen molar-refractivity contribution in [3.8, 4) is 0 Å². The highest BCUT2D eigenvalue weighted by Crippen LogP contribution is 2.19. The summed E-state index contributed by atoms with van der Waals surface area (Å²) in [4.78, 5) is 37.6. The van der Waals surface area contributed by atoms with Gasteiger partial charge in [0.2, 0.25) is 5.91 Å². The summed E-state index contributed by atoms with van der Waals surface area (Å²) in [5.74, 6) is -1.08. The van der Waals surface area contributed by atoms with Crippen LogP contribution in [0.1, 0.15) is 39.7 Å². The number of Topliss-reactive ketones (excluding diaryl/α,β-unsaturated/α-hetero) is 1. The Hall–Kier alpha value is -2.25. The molecule has 5 nitrogen and oxygen atoms in total. The summed E-state index contributed by atoms with van der Waals surface area (Å²) in [7, 11) is 0. The third-order valence-corrected chi connectivity index (χ3v) is 5.47. The fourth-order valence-electron chi connectivity index (χ4n) is 2.37. The summed E-state index contributed by atoms with van der Waals surface area (Å²) in [5.41, 5.74) is -1.04. The quantitative estimate of drug-likeness (QED) is 0.753. The molecule has 1 heterocycles. The van der Waals surface area contributed by atoms with E-state index < -0.39 is 16.8 Å². The zero-order chi connectivity index (χ0) is 21.8. The van der Waals surface area contributed by atoms with Gasteiger partial charge in [0.15, 0.2) is 5.78 Å². The molecule has 0 aliphatic heterocycles. The van der Waals surface area contributed by atoms with Crippen molar-refractivity contribution < 1.29 is 14.0 Å². The summed E-state index contributed by atoms with van der Waals surface area (Å²) in [5, 5.41) is 2.88. The van der Waals surface area contributed by atoms with Gasteiger partial charge >= 0.3 is 0 Å². The van der Waals surface area contributed by atoms with Crippen molar-refractivity contribution in [1.29, 1.82) is 0 Å². The maximum absolute atomic E-state index is 14.1. The highest BCUT2D eigenvalue weighted by molar-refractivity contribution is 7.07. The molecule has 0 saturated carbocycles. The first-order valence-electron chi connectivity index (χ1n) is 9.22. The predicted molar refractivity (Wildman–Crippen MR) is 115 cm³/mol. The Balaban J connectivity index is 2.67. The number of aromatic nitrogens is 1. The molecule has 1 aromatic heterocycles. The summed E-state index contributed by atoms with van der Waals surface area (Å²) in [6.45, 7) is 7.48. The molecule has 1 amide bonds. The van der Waals surface area contributed by atoms with Crippen LogP contribution in [0, 0.1) is 11.2 Å². The molecule has 0 aliphatic carbocycles. The molecule has 0 atom stereocenters. The minimum atomic E-state index is -0.645. The molecule has 29 heavy (non-hydrogen) atoms. The Kier molecular flexibility index (Phi) is 7.54. The molecule has 1 aromatic carbocycles. The highest BCUT2D eigenvalue weighted by atomic mass is 35.5. The van der Waals surface area contributed by atoms with Crippen LogP contribution in [0.2, 0.25) is 5.02 Å². The van der Waals surface area contributed by atoms with Crippen LogP contribution in [0.5, 0.6) is 0 Å². The number of halogens is 2. The molecule has 0 saturated heterocycles. The van der Waals surface area contributed by atoms with Crippen LogP contribution in [-0.4, -0.2) is 22.8 Å². The number of thiazole rings is 1. The minimum Gasteiger partial charge on any atom is -0.355 e. The molecule has 8 heteroatoms. The van der Waals surface area contributed by atoms with Gasteiger partial charge in [-0.1, -0.05) is 45.4 Å². The molecule has 2 aromatic rings. The first-order valence-corrected chi connectivity index (χ1v) is 10.4. The van der Waals surface area contributed by atoms with Gasteiger partial charge in [0.25, 0.3) is 5.56 Å². The zero-order valence-electron chi connectivity index (χ0n) is 16.8. The van der Waals surface area contributed by atoms with Crippen LogP contribution in [0.15, 0.2) is 23.0 Å². The summed E-state index contributed by atoms with van der Waals surface area (Å²) >= 11 is 7.08. The van der Waals surface area contributed by atoms with Crippen molar-refractivity contribution in [3.05, 3.63) is 54.2 Å². The number of carbonyl (C=O) groups is 2. The van der Waals surface area contributed by atoms with Crippen molar-refractivity contribution in [1.82, 2.24) is 9.88 Å². The topological polar surface area (TPSA) is 68.2 Å². The van der Waals surface area contributed by atoms with E-state index in [-0.39, 0.29) is 33.4 Å². The van der Waals surface area contributed by atoms with E-state index in [1.54, 1.807) is 20.8 Å². The van der Waals surface area contributed by atoms with Gasteiger partial charge in [-0.05, 0) is 24.6 Å². The first kappa shape index (κ1) is 23.0. The highest BCUT2D eigenvalue weighted by Gasteiger charge is 2.20. The minimum absolute atomic E-state index is 0.0869. The van der Waals surface area contributed by atoms with Gasteiger partial charge in [-0.15, -0.1) is 11.3 Å². The number of nitrogens with one attached hydrogen (secondary N) is 1. The van der Waals surface area contributed by atoms with Crippen LogP contribution < -0.4 is 20.1 Å². The Morgan fingerprint density at radius 3 is 2.59 bits per heavy atom. The molecule has 1 N–H and O–H groups in total. The maximum Gasteiger partial charge on any atom is 0.269 e. The zero-order valence-corrected chi connectivity index (χ0v) is 18.4. The van der Waals surface area contributed by atoms with Crippen molar-refractivity contribution in [3.63, 3.8) is 0 Å². The van der Waals surface area contributed by atoms with E-state index in [0.717, 1.165) is 17.8 Å². The summed E-state index contributed by atoms with van der Waals surface area (Å²) in [6, 6.07) is 4.25. The SMILES string of the molecule is CCCNC(=O)Cn1c(=O)/c(=C\c2c(F)cccc2Cl)s/c1=C\C(=O)C(C)(C)C. The van der Waals surface area contributed by atoms with E-state index in [1.165, 1.54) is 34.9 Å². The van der Waals surface area contributed by atoms with Gasteiger partial charge in [-0.3, -0.25) is 19.0 Å². The van der Waals surface area contributed by atoms with E-state index in [4.69, 9.17) is 11.6 Å². The average molecular weight is 439 g/mol. The lowest BCUT2D eigenvalue weighted by Gasteiger charge is -2.12. The van der Waals surface area contributed by atoms with Crippen LogP contribution in [0.25, 0.3) is 12.2 Å². The number of ketones is 1. The molecule has 0 bridgehead atoms. The fourth-order valence-corrected chi connectivity index (χ4v) is 3.61. The molecule has 0 unspecified atom stereocenters. The summed E-state index contributed by atoms with van der Waals surface area (Å²) in [6.07, 6.45) is 3.47. The van der Waals surface area contributed by atoms with Crippen LogP contribution in [-0.2, 0) is 16.1 Å². The fraction of sp³-hybridized carbons (Fsp3) is 0.381. The van der Waals surface area contributed by atoms with Gasteiger partial charge in [-0.2, -0.15) is 0 Å². The number of carbonyl (C=O) groups excluding carboxylic acids is 2. The Morgan fingerprint density at radius 2 is 2.00 bits per heavy atom. The molecule has 0 fully saturated rings. The molecule has 2 rings (SSSR count). The van der Waals surface area contributed by atoms with Gasteiger partial charge in [-0.25, -0.2) is 4.39 Å². The van der Waals surface area contributed by atoms with E-state index in [9.17, 15) is 18.8 Å². The molecular formula is C21H24ClFN2O3S. The lowest BCUT2D eigenvalue weighted by Crippen LogP contribution is -2.38. The van der Waals surface area contributed by atoms with Gasteiger partial charge < -0.3 is 5.32 Å². The first-order chi connectivity index (χ1) is 13.5. The molecule has 0 aliphatic rings. The number of hydrogen-bond donors (Lipinski definition) is 1. The standard InChI is InChI=1S/C21H24ClFN2O3S/c1-5-9-24-18(27)12-25-19(11-17(26)21(2,3)4)29-16(20(25)28)10-13-14(22)7-6-8-15(13)23/h6-8,10-11H,5,9,12H2,1-4H3,(H,24,27)/b16-10+,19-11-. The lowest BCUT2D eigenvalue weighted by atomic mass is 9.91. The third-order valence-electron chi connectivity index (χ3n) is 4.08. The third kappa shape index (κ3) is 5.87. The summed E-state index contributed by atoms with van der Waals surface area (Å²) < 4.78 is 15.9. The van der Waals surface area contributed by atoms with E-state index in [1.807, 2.05) is 6.92 Å². The van der Waals surface area contributed by atoms with Crippen LogP contribution >= 0.6 is 22.9 Å². The molecule has 156 valence electrons. The Bertz CT molecular complexity index is 1080. The number of rotatable bonds is 6. The monoisotopic (exact) mass is 438 g/mol. The van der Waals surface area contributed by atoms with Crippen LogP contribution in [0.3, 0.4) is 0 Å². The molecular weight excluding hydrogens is 415 g/mol. The van der Waals surface area contributed by atoms with Crippen molar-refractivity contribution >= 4 is 46.8 Å². The second kappa shape index (κ2) is 9.50. The van der Waals surface area contributed by atoms with E-state index >= 15 is 0 Å². The number of hydrogen-bond acceptors (Lipinski definition) is 4. The van der Waals surface area contributed by atoms with Crippen molar-refractivity contribution in [2.24, 2.45) is 5.41 Å². The predicted octanol–water partition coefficient (Wildman–Crippen LogP) is 2.45. The Morgan fingerprint density at radius 1 is 1.31 bits per heavy atom. The average Bonchev–Trinajstić information content (AvgIpc) is 2.91. The van der Waals surface area contributed by atoms with Gasteiger partial charge in [0, 0.05) is 23.6 Å². The second-order valence-corrected chi connectivity index (χ2v) is 9.05.